The molecule has 5 heteroatoms. The minimum Gasteiger partial charge on any atom is -0.488 e. The summed E-state index contributed by atoms with van der Waals surface area (Å²) in [5.41, 5.74) is -0.690. The van der Waals surface area contributed by atoms with Crippen molar-refractivity contribution in [2.45, 2.75) is 57.3 Å². The molecule has 0 radical (unpaired) electrons. The van der Waals surface area contributed by atoms with Gasteiger partial charge in [-0.05, 0) is 44.4 Å². The van der Waals surface area contributed by atoms with Gasteiger partial charge in [0.15, 0.2) is 0 Å². The Kier molecular flexibility index (Phi) is 5.51. The van der Waals surface area contributed by atoms with Crippen LogP contribution in [0, 0.1) is 0 Å². The molecule has 1 saturated carbocycles. The molecule has 2 atom stereocenters. The fourth-order valence-electron chi connectivity index (χ4n) is 2.77. The van der Waals surface area contributed by atoms with Gasteiger partial charge in [0.05, 0.1) is 5.56 Å². The fourth-order valence-corrected chi connectivity index (χ4v) is 2.77. The predicted octanol–water partition coefficient (Wildman–Crippen LogP) is 4.40. The first-order valence-corrected chi connectivity index (χ1v) is 7.58. The average molecular weight is 301 g/mol. The lowest BCUT2D eigenvalue weighted by atomic mass is 9.92. The minimum absolute atomic E-state index is 0.0554. The summed E-state index contributed by atoms with van der Waals surface area (Å²) in [7, 11) is 0. The van der Waals surface area contributed by atoms with E-state index >= 15 is 0 Å². The third kappa shape index (κ3) is 4.37. The third-order valence-corrected chi connectivity index (χ3v) is 3.83. The van der Waals surface area contributed by atoms with Crippen molar-refractivity contribution < 1.29 is 17.9 Å². The Labute approximate surface area is 123 Å². The van der Waals surface area contributed by atoms with Crippen LogP contribution in [-0.4, -0.2) is 18.7 Å². The number of halogens is 3. The monoisotopic (exact) mass is 301 g/mol. The molecule has 0 aromatic heterocycles. The molecule has 1 aromatic carbocycles. The van der Waals surface area contributed by atoms with Crippen LogP contribution in [0.2, 0.25) is 0 Å². The van der Waals surface area contributed by atoms with Crippen LogP contribution in [0.1, 0.15) is 44.6 Å². The summed E-state index contributed by atoms with van der Waals surface area (Å²) in [5, 5.41) is 3.39. The lowest BCUT2D eigenvalue weighted by molar-refractivity contribution is -0.139. The summed E-state index contributed by atoms with van der Waals surface area (Å²) < 4.78 is 44.8. The summed E-state index contributed by atoms with van der Waals surface area (Å²) in [6.07, 6.45) is 0.298. The van der Waals surface area contributed by atoms with E-state index in [2.05, 4.69) is 12.2 Å². The van der Waals surface area contributed by atoms with E-state index in [1.807, 2.05) is 0 Å². The molecule has 1 aliphatic carbocycles. The Bertz CT molecular complexity index is 447. The summed E-state index contributed by atoms with van der Waals surface area (Å²) in [6, 6.07) is 5.60. The van der Waals surface area contributed by atoms with Crippen molar-refractivity contribution in [1.82, 2.24) is 5.32 Å². The Hall–Kier alpha value is -1.23. The maximum Gasteiger partial charge on any atom is 0.419 e. The Morgan fingerprint density at radius 2 is 1.90 bits per heavy atom. The van der Waals surface area contributed by atoms with E-state index in [0.29, 0.717) is 0 Å². The zero-order valence-electron chi connectivity index (χ0n) is 12.2. The maximum absolute atomic E-state index is 13.0. The molecule has 1 aliphatic rings. The van der Waals surface area contributed by atoms with Crippen molar-refractivity contribution in [3.05, 3.63) is 29.8 Å². The zero-order valence-corrected chi connectivity index (χ0v) is 12.2. The quantitative estimate of drug-likeness (QED) is 0.870. The molecule has 0 aliphatic heterocycles. The molecule has 1 fully saturated rings. The first-order valence-electron chi connectivity index (χ1n) is 7.58. The summed E-state index contributed by atoms with van der Waals surface area (Å²) >= 11 is 0. The van der Waals surface area contributed by atoms with Crippen LogP contribution < -0.4 is 10.1 Å². The van der Waals surface area contributed by atoms with E-state index in [1.165, 1.54) is 12.1 Å². The van der Waals surface area contributed by atoms with Crippen molar-refractivity contribution in [3.63, 3.8) is 0 Å². The van der Waals surface area contributed by atoms with Crippen LogP contribution in [0.15, 0.2) is 24.3 Å². The van der Waals surface area contributed by atoms with Gasteiger partial charge in [0, 0.05) is 6.04 Å². The normalized spacial score (nSPS) is 23.0. The van der Waals surface area contributed by atoms with Gasteiger partial charge in [-0.1, -0.05) is 25.5 Å². The fraction of sp³-hybridized carbons (Fsp3) is 0.625. The van der Waals surface area contributed by atoms with Crippen LogP contribution >= 0.6 is 0 Å². The Balaban J connectivity index is 2.12. The Morgan fingerprint density at radius 3 is 2.62 bits per heavy atom. The predicted molar refractivity (Wildman–Crippen MR) is 76.4 cm³/mol. The summed E-state index contributed by atoms with van der Waals surface area (Å²) in [5.74, 6) is -0.0554. The molecule has 118 valence electrons. The Morgan fingerprint density at radius 1 is 1.19 bits per heavy atom. The highest BCUT2D eigenvalue weighted by Gasteiger charge is 2.35. The van der Waals surface area contributed by atoms with Crippen molar-refractivity contribution in [1.29, 1.82) is 0 Å². The molecule has 1 N–H and O–H groups in total. The molecule has 21 heavy (non-hydrogen) atoms. The molecule has 0 bridgehead atoms. The van der Waals surface area contributed by atoms with Gasteiger partial charge < -0.3 is 10.1 Å². The van der Waals surface area contributed by atoms with Crippen molar-refractivity contribution >= 4 is 0 Å². The van der Waals surface area contributed by atoms with Crippen LogP contribution in [0.25, 0.3) is 0 Å². The van der Waals surface area contributed by atoms with Crippen LogP contribution in [0.4, 0.5) is 13.2 Å². The van der Waals surface area contributed by atoms with E-state index in [0.717, 1.165) is 44.7 Å². The van der Waals surface area contributed by atoms with E-state index in [-0.39, 0.29) is 17.9 Å². The molecule has 0 amide bonds. The van der Waals surface area contributed by atoms with Crippen LogP contribution in [-0.2, 0) is 6.18 Å². The highest BCUT2D eigenvalue weighted by atomic mass is 19.4. The van der Waals surface area contributed by atoms with Crippen molar-refractivity contribution in [3.8, 4) is 5.75 Å². The van der Waals surface area contributed by atoms with Crippen LogP contribution in [0.3, 0.4) is 0 Å². The highest BCUT2D eigenvalue weighted by molar-refractivity contribution is 5.35. The lowest BCUT2D eigenvalue weighted by Crippen LogP contribution is -2.45. The smallest absolute Gasteiger partial charge is 0.419 e. The SMILES string of the molecule is CCCNC1CCCCC1Oc1ccccc1C(F)(F)F. The number of benzene rings is 1. The molecule has 2 unspecified atom stereocenters. The molecule has 0 spiro atoms. The molecule has 1 aromatic rings. The van der Waals surface area contributed by atoms with Crippen LogP contribution in [0.5, 0.6) is 5.75 Å². The number of hydrogen-bond donors (Lipinski definition) is 1. The standard InChI is InChI=1S/C16H22F3NO/c1-2-11-20-13-8-4-6-10-15(13)21-14-9-5-3-7-12(14)16(17,18)19/h3,5,7,9,13,15,20H,2,4,6,8,10-11H2,1H3. The second-order valence-corrected chi connectivity index (χ2v) is 5.50. The van der Waals surface area contributed by atoms with Gasteiger partial charge in [-0.15, -0.1) is 0 Å². The zero-order chi connectivity index (χ0) is 15.3. The van der Waals surface area contributed by atoms with Gasteiger partial charge in [0.25, 0.3) is 0 Å². The topological polar surface area (TPSA) is 21.3 Å². The number of para-hydroxylation sites is 1. The molecule has 2 rings (SSSR count). The van der Waals surface area contributed by atoms with Gasteiger partial charge in [-0.25, -0.2) is 0 Å². The molecule has 0 heterocycles. The van der Waals surface area contributed by atoms with Gasteiger partial charge in [-0.2, -0.15) is 13.2 Å². The largest absolute Gasteiger partial charge is 0.488 e. The van der Waals surface area contributed by atoms with Crippen molar-refractivity contribution in [2.24, 2.45) is 0 Å². The van der Waals surface area contributed by atoms with Crippen molar-refractivity contribution in [2.75, 3.05) is 6.54 Å². The highest BCUT2D eigenvalue weighted by Crippen LogP contribution is 2.37. The average Bonchev–Trinajstić information content (AvgIpc) is 2.46. The number of hydrogen-bond acceptors (Lipinski definition) is 2. The molecular formula is C16H22F3NO. The number of nitrogens with one attached hydrogen (secondary N) is 1. The summed E-state index contributed by atoms with van der Waals surface area (Å²) in [6.45, 7) is 2.94. The van der Waals surface area contributed by atoms with Gasteiger partial charge in [0.1, 0.15) is 11.9 Å². The van der Waals surface area contributed by atoms with E-state index in [4.69, 9.17) is 4.74 Å². The van der Waals surface area contributed by atoms with Gasteiger partial charge >= 0.3 is 6.18 Å². The number of ether oxygens (including phenoxy) is 1. The second-order valence-electron chi connectivity index (χ2n) is 5.50. The van der Waals surface area contributed by atoms with E-state index in [1.54, 1.807) is 6.07 Å². The molecule has 2 nitrogen and oxygen atoms in total. The second kappa shape index (κ2) is 7.16. The molecular weight excluding hydrogens is 279 g/mol. The maximum atomic E-state index is 13.0. The number of rotatable bonds is 5. The summed E-state index contributed by atoms with van der Waals surface area (Å²) in [4.78, 5) is 0. The number of alkyl halides is 3. The lowest BCUT2D eigenvalue weighted by Gasteiger charge is -2.33. The first-order chi connectivity index (χ1) is 10.0. The van der Waals surface area contributed by atoms with E-state index in [9.17, 15) is 13.2 Å². The molecule has 0 saturated heterocycles. The first kappa shape index (κ1) is 16.1. The minimum atomic E-state index is -4.38. The third-order valence-electron chi connectivity index (χ3n) is 3.83. The van der Waals surface area contributed by atoms with E-state index < -0.39 is 11.7 Å². The van der Waals surface area contributed by atoms with Gasteiger partial charge in [-0.3, -0.25) is 0 Å². The van der Waals surface area contributed by atoms with Gasteiger partial charge in [0.2, 0.25) is 0 Å².